The zero-order chi connectivity index (χ0) is 28.9. The van der Waals surface area contributed by atoms with Gasteiger partial charge in [0.05, 0.1) is 5.69 Å². The smallest absolute Gasteiger partial charge is 0.256 e. The average Bonchev–Trinajstić information content (AvgIpc) is 2.97. The monoisotopic (exact) mass is 554 g/mol. The minimum absolute atomic E-state index is 0.0248. The van der Waals surface area contributed by atoms with E-state index in [2.05, 4.69) is 20.9 Å². The standard InChI is InChI=1S/C31H28F2N6O2/c1-19-11-12-21(30(41)36-18-20-7-4-3-5-8-20)17-23(19)27-22-13-14-26(40)39(28-24(32)9-6-10-25(28)33)29(22)38-31(37-27)35-16-15-34-2/h3-14,17,34H,15-16,18H2,1-2H3,(H,36,41)(H,35,37,38). The number of fused-ring (bicyclic) bond motifs is 1. The molecule has 0 saturated carbocycles. The predicted molar refractivity (Wildman–Crippen MR) is 155 cm³/mol. The number of aryl methyl sites for hydroxylation is 1. The number of rotatable bonds is 9. The van der Waals surface area contributed by atoms with Gasteiger partial charge in [-0.2, -0.15) is 4.98 Å². The number of halogens is 2. The highest BCUT2D eigenvalue weighted by Gasteiger charge is 2.21. The number of likely N-dealkylation sites (N-methyl/N-ethyl adjacent to an activating group) is 1. The summed E-state index contributed by atoms with van der Waals surface area (Å²) in [5.41, 5.74) is 2.04. The summed E-state index contributed by atoms with van der Waals surface area (Å²) in [5.74, 6) is -1.92. The Kier molecular flexibility index (Phi) is 8.11. The van der Waals surface area contributed by atoms with Crippen LogP contribution in [0.4, 0.5) is 14.7 Å². The van der Waals surface area contributed by atoms with Crippen molar-refractivity contribution in [2.24, 2.45) is 0 Å². The van der Waals surface area contributed by atoms with E-state index in [1.54, 1.807) is 25.2 Å². The van der Waals surface area contributed by atoms with E-state index < -0.39 is 22.9 Å². The molecule has 0 aliphatic rings. The number of aromatic nitrogens is 3. The van der Waals surface area contributed by atoms with E-state index in [0.29, 0.717) is 41.8 Å². The lowest BCUT2D eigenvalue weighted by Gasteiger charge is -2.16. The van der Waals surface area contributed by atoms with Crippen molar-refractivity contribution in [1.82, 2.24) is 25.2 Å². The van der Waals surface area contributed by atoms with Crippen molar-refractivity contribution >= 4 is 22.9 Å². The van der Waals surface area contributed by atoms with Crippen molar-refractivity contribution in [2.75, 3.05) is 25.5 Å². The van der Waals surface area contributed by atoms with Gasteiger partial charge in [-0.25, -0.2) is 13.8 Å². The number of carbonyl (C=O) groups is 1. The molecular weight excluding hydrogens is 526 g/mol. The molecule has 0 fully saturated rings. The normalized spacial score (nSPS) is 11.0. The average molecular weight is 555 g/mol. The molecule has 3 N–H and O–H groups in total. The van der Waals surface area contributed by atoms with Gasteiger partial charge in [-0.15, -0.1) is 0 Å². The molecule has 41 heavy (non-hydrogen) atoms. The van der Waals surface area contributed by atoms with Crippen LogP contribution < -0.4 is 21.5 Å². The van der Waals surface area contributed by atoms with E-state index in [-0.39, 0.29) is 17.5 Å². The van der Waals surface area contributed by atoms with Gasteiger partial charge < -0.3 is 16.0 Å². The van der Waals surface area contributed by atoms with Crippen LogP contribution >= 0.6 is 0 Å². The first-order valence-corrected chi connectivity index (χ1v) is 13.1. The number of amides is 1. The molecule has 10 heteroatoms. The van der Waals surface area contributed by atoms with Crippen molar-refractivity contribution in [3.8, 4) is 16.9 Å². The maximum Gasteiger partial charge on any atom is 0.256 e. The van der Waals surface area contributed by atoms with Crippen LogP contribution in [0.25, 0.3) is 28.0 Å². The Balaban J connectivity index is 1.66. The number of carbonyl (C=O) groups excluding carboxylic acids is 1. The Morgan fingerprint density at radius 1 is 0.902 bits per heavy atom. The van der Waals surface area contributed by atoms with Gasteiger partial charge in [-0.05, 0) is 55.4 Å². The van der Waals surface area contributed by atoms with Gasteiger partial charge in [0.25, 0.3) is 11.5 Å². The van der Waals surface area contributed by atoms with Gasteiger partial charge in [0.15, 0.2) is 5.65 Å². The summed E-state index contributed by atoms with van der Waals surface area (Å²) in [5, 5.41) is 9.43. The SMILES string of the molecule is CNCCNc1nc(-c2cc(C(=O)NCc3ccccc3)ccc2C)c2ccc(=O)n(-c3c(F)cccc3F)c2n1. The predicted octanol–water partition coefficient (Wildman–Crippen LogP) is 4.60. The lowest BCUT2D eigenvalue weighted by molar-refractivity contribution is 0.0951. The lowest BCUT2D eigenvalue weighted by atomic mass is 9.99. The van der Waals surface area contributed by atoms with Gasteiger partial charge in [0.1, 0.15) is 17.3 Å². The summed E-state index contributed by atoms with van der Waals surface area (Å²) in [6.45, 7) is 3.28. The molecule has 0 radical (unpaired) electrons. The van der Waals surface area contributed by atoms with Gasteiger partial charge in [0.2, 0.25) is 5.95 Å². The minimum Gasteiger partial charge on any atom is -0.353 e. The summed E-state index contributed by atoms with van der Waals surface area (Å²) < 4.78 is 30.7. The fourth-order valence-electron chi connectivity index (χ4n) is 4.52. The molecule has 0 bridgehead atoms. The number of pyridine rings is 1. The molecule has 5 aromatic rings. The van der Waals surface area contributed by atoms with Crippen molar-refractivity contribution < 1.29 is 13.6 Å². The van der Waals surface area contributed by atoms with Crippen LogP contribution in [0.2, 0.25) is 0 Å². The molecule has 1 amide bonds. The number of nitrogens with one attached hydrogen (secondary N) is 3. The summed E-state index contributed by atoms with van der Waals surface area (Å²) in [7, 11) is 1.80. The zero-order valence-corrected chi connectivity index (χ0v) is 22.5. The highest BCUT2D eigenvalue weighted by Crippen LogP contribution is 2.31. The number of anilines is 1. The van der Waals surface area contributed by atoms with Gasteiger partial charge in [0, 0.05) is 42.2 Å². The first-order valence-electron chi connectivity index (χ1n) is 13.1. The molecule has 3 aromatic carbocycles. The number of para-hydroxylation sites is 1. The molecule has 0 saturated heterocycles. The molecule has 5 rings (SSSR count). The van der Waals surface area contributed by atoms with Gasteiger partial charge >= 0.3 is 0 Å². The third-order valence-electron chi connectivity index (χ3n) is 6.62. The number of hydrogen-bond donors (Lipinski definition) is 3. The van der Waals surface area contributed by atoms with Crippen LogP contribution in [0, 0.1) is 18.6 Å². The van der Waals surface area contributed by atoms with Crippen LogP contribution in [0.15, 0.2) is 83.7 Å². The Hall–Kier alpha value is -4.96. The maximum absolute atomic E-state index is 14.9. The Bertz CT molecular complexity index is 1770. The highest BCUT2D eigenvalue weighted by molar-refractivity contribution is 5.98. The lowest BCUT2D eigenvalue weighted by Crippen LogP contribution is -2.23. The van der Waals surface area contributed by atoms with Crippen LogP contribution in [0.1, 0.15) is 21.5 Å². The second kappa shape index (κ2) is 12.1. The Labute approximate surface area is 235 Å². The zero-order valence-electron chi connectivity index (χ0n) is 22.5. The van der Waals surface area contributed by atoms with Crippen molar-refractivity contribution in [2.45, 2.75) is 13.5 Å². The summed E-state index contributed by atoms with van der Waals surface area (Å²) >= 11 is 0. The molecular formula is C31H28F2N6O2. The second-order valence-electron chi connectivity index (χ2n) is 9.44. The fourth-order valence-corrected chi connectivity index (χ4v) is 4.52. The first-order chi connectivity index (χ1) is 19.9. The van der Waals surface area contributed by atoms with Crippen LogP contribution in [-0.2, 0) is 6.54 Å². The second-order valence-corrected chi connectivity index (χ2v) is 9.44. The van der Waals surface area contributed by atoms with Crippen LogP contribution in [-0.4, -0.2) is 40.6 Å². The first kappa shape index (κ1) is 27.6. The number of benzene rings is 3. The maximum atomic E-state index is 14.9. The molecule has 2 aromatic heterocycles. The van der Waals surface area contributed by atoms with E-state index >= 15 is 0 Å². The van der Waals surface area contributed by atoms with Gasteiger partial charge in [-0.3, -0.25) is 14.2 Å². The molecule has 8 nitrogen and oxygen atoms in total. The van der Waals surface area contributed by atoms with Crippen molar-refractivity contribution in [3.63, 3.8) is 0 Å². The van der Waals surface area contributed by atoms with Crippen molar-refractivity contribution in [1.29, 1.82) is 0 Å². The molecule has 0 aliphatic heterocycles. The summed E-state index contributed by atoms with van der Waals surface area (Å²) in [6, 6.07) is 21.0. The minimum atomic E-state index is -0.905. The highest BCUT2D eigenvalue weighted by atomic mass is 19.1. The van der Waals surface area contributed by atoms with E-state index in [9.17, 15) is 18.4 Å². The third-order valence-corrected chi connectivity index (χ3v) is 6.62. The molecule has 2 heterocycles. The fraction of sp³-hybridized carbons (Fsp3) is 0.161. The topological polar surface area (TPSA) is 101 Å². The van der Waals surface area contributed by atoms with E-state index in [1.807, 2.05) is 37.3 Å². The van der Waals surface area contributed by atoms with Crippen LogP contribution in [0.3, 0.4) is 0 Å². The van der Waals surface area contributed by atoms with Gasteiger partial charge in [-0.1, -0.05) is 42.5 Å². The van der Waals surface area contributed by atoms with Crippen molar-refractivity contribution in [3.05, 3.63) is 118 Å². The summed E-state index contributed by atoms with van der Waals surface area (Å²) in [4.78, 5) is 35.4. The quantitative estimate of drug-likeness (QED) is 0.231. The van der Waals surface area contributed by atoms with E-state index in [0.717, 1.165) is 27.8 Å². The number of nitrogens with zero attached hydrogens (tertiary/aromatic N) is 3. The molecule has 0 unspecified atom stereocenters. The largest absolute Gasteiger partial charge is 0.353 e. The molecule has 0 aliphatic carbocycles. The Morgan fingerprint density at radius 2 is 1.66 bits per heavy atom. The summed E-state index contributed by atoms with van der Waals surface area (Å²) in [6.07, 6.45) is 0. The molecule has 208 valence electrons. The molecule has 0 spiro atoms. The molecule has 0 atom stereocenters. The number of hydrogen-bond acceptors (Lipinski definition) is 6. The third kappa shape index (κ3) is 5.82. The van der Waals surface area contributed by atoms with E-state index in [1.165, 1.54) is 18.2 Å². The Morgan fingerprint density at radius 3 is 2.39 bits per heavy atom. The van der Waals surface area contributed by atoms with E-state index in [4.69, 9.17) is 4.98 Å². The van der Waals surface area contributed by atoms with Crippen LogP contribution in [0.5, 0.6) is 0 Å².